The number of rotatable bonds is 9. The zero-order chi connectivity index (χ0) is 20.8. The summed E-state index contributed by atoms with van der Waals surface area (Å²) in [7, 11) is 1.22. The van der Waals surface area contributed by atoms with Crippen LogP contribution in [0.15, 0.2) is 53.3 Å². The lowest BCUT2D eigenvalue weighted by atomic mass is 10.1. The molecule has 3 rings (SSSR count). The van der Waals surface area contributed by atoms with Crippen LogP contribution in [0.2, 0.25) is 0 Å². The van der Waals surface area contributed by atoms with Crippen LogP contribution in [0.1, 0.15) is 18.5 Å². The van der Waals surface area contributed by atoms with E-state index in [4.69, 9.17) is 0 Å². The number of carbonyl (C=O) groups excluding carboxylic acids is 1. The molecule has 29 heavy (non-hydrogen) atoms. The molecule has 2 aromatic rings. The number of H-pyrrole nitrogens is 1. The number of nitrogens with zero attached hydrogens (tertiary/aromatic N) is 3. The molecule has 2 N–H and O–H groups in total. The summed E-state index contributed by atoms with van der Waals surface area (Å²) in [6.07, 6.45) is 7.76. The number of halogens is 2. The molecule has 0 saturated heterocycles. The van der Waals surface area contributed by atoms with Gasteiger partial charge in [-0.1, -0.05) is 0 Å². The van der Waals surface area contributed by atoms with Crippen molar-refractivity contribution in [3.8, 4) is 11.4 Å². The van der Waals surface area contributed by atoms with Crippen LogP contribution >= 0.6 is 0 Å². The molecule has 0 aromatic carbocycles. The van der Waals surface area contributed by atoms with Crippen molar-refractivity contribution in [2.45, 2.75) is 12.8 Å². The Balaban J connectivity index is 1.64. The highest BCUT2D eigenvalue weighted by Crippen LogP contribution is 2.25. The van der Waals surface area contributed by atoms with E-state index in [0.29, 0.717) is 42.2 Å². The minimum absolute atomic E-state index is 0.0254. The summed E-state index contributed by atoms with van der Waals surface area (Å²) in [6.45, 7) is 1.39. The van der Waals surface area contributed by atoms with Crippen molar-refractivity contribution in [3.63, 3.8) is 0 Å². The van der Waals surface area contributed by atoms with Crippen molar-refractivity contribution in [1.29, 1.82) is 0 Å². The van der Waals surface area contributed by atoms with Crippen LogP contribution < -0.4 is 5.32 Å². The number of aliphatic imine (C=N–C) groups is 1. The lowest BCUT2D eigenvalue weighted by Crippen LogP contribution is -2.31. The summed E-state index contributed by atoms with van der Waals surface area (Å²) in [5, 5.41) is 2.86. The first-order chi connectivity index (χ1) is 13.9. The number of amides is 1. The molecule has 0 atom stereocenters. The topological polar surface area (TPSA) is 65.4 Å². The van der Waals surface area contributed by atoms with Gasteiger partial charge >= 0.3 is 7.40 Å². The fourth-order valence-corrected chi connectivity index (χ4v) is 3.05. The van der Waals surface area contributed by atoms with Crippen molar-refractivity contribution in [2.24, 2.45) is 4.99 Å². The van der Waals surface area contributed by atoms with Crippen LogP contribution in [0.5, 0.6) is 0 Å². The highest BCUT2D eigenvalue weighted by Gasteiger charge is 2.24. The smallest absolute Gasteiger partial charge is 0.360 e. The van der Waals surface area contributed by atoms with Gasteiger partial charge in [0.25, 0.3) is 0 Å². The number of aromatic nitrogens is 2. The quantitative estimate of drug-likeness (QED) is 0.637. The Labute approximate surface area is 169 Å². The summed E-state index contributed by atoms with van der Waals surface area (Å²) >= 11 is 0. The van der Waals surface area contributed by atoms with E-state index >= 15 is 0 Å². The van der Waals surface area contributed by atoms with Crippen LogP contribution in [-0.4, -0.2) is 60.6 Å². The van der Waals surface area contributed by atoms with Gasteiger partial charge in [-0.05, 0) is 63.0 Å². The van der Waals surface area contributed by atoms with Gasteiger partial charge in [-0.25, -0.2) is 0 Å². The maximum atomic E-state index is 13.6. The van der Waals surface area contributed by atoms with Crippen LogP contribution in [0.3, 0.4) is 0 Å². The van der Waals surface area contributed by atoms with E-state index in [-0.39, 0.29) is 5.91 Å². The third-order valence-electron chi connectivity index (χ3n) is 4.52. The van der Waals surface area contributed by atoms with E-state index in [1.54, 1.807) is 42.6 Å². The standard InChI is InChI=1S/C20H24BF2N5O/c1-27(2)13-12-25-20(29)10-7-15-5-6-16(26-15)14-17-8-9-19(28(17)21(22)23)18-4-3-11-24-18/h3-6,8-9,11,14,24H,7,10,12-13H2,1-2H3,(H,25,29)/b16-14-. The van der Waals surface area contributed by atoms with Crippen LogP contribution in [0.4, 0.5) is 8.63 Å². The second-order valence-electron chi connectivity index (χ2n) is 7.03. The Hall–Kier alpha value is -2.94. The minimum atomic E-state index is -2.67. The van der Waals surface area contributed by atoms with Crippen molar-refractivity contribution in [2.75, 3.05) is 27.2 Å². The third-order valence-corrected chi connectivity index (χ3v) is 4.52. The predicted octanol–water partition coefficient (Wildman–Crippen LogP) is 3.06. The summed E-state index contributed by atoms with van der Waals surface area (Å²) in [5.74, 6) is -0.0254. The van der Waals surface area contributed by atoms with E-state index in [0.717, 1.165) is 16.7 Å². The average molecular weight is 399 g/mol. The lowest BCUT2D eigenvalue weighted by Gasteiger charge is -2.10. The molecule has 0 saturated carbocycles. The number of hydrogen-bond acceptors (Lipinski definition) is 3. The molecular weight excluding hydrogens is 375 g/mol. The second kappa shape index (κ2) is 9.51. The fourth-order valence-electron chi connectivity index (χ4n) is 3.05. The summed E-state index contributed by atoms with van der Waals surface area (Å²) in [4.78, 5) is 21.3. The lowest BCUT2D eigenvalue weighted by molar-refractivity contribution is -0.120. The Morgan fingerprint density at radius 3 is 2.83 bits per heavy atom. The zero-order valence-corrected chi connectivity index (χ0v) is 16.5. The highest BCUT2D eigenvalue weighted by atomic mass is 19.2. The molecule has 9 heteroatoms. The molecule has 152 valence electrons. The van der Waals surface area contributed by atoms with Gasteiger partial charge in [0, 0.05) is 37.1 Å². The van der Waals surface area contributed by atoms with Crippen molar-refractivity contribution >= 4 is 25.1 Å². The third kappa shape index (κ3) is 5.54. The summed E-state index contributed by atoms with van der Waals surface area (Å²) in [5.41, 5.74) is 2.76. The summed E-state index contributed by atoms with van der Waals surface area (Å²) in [6, 6.07) is 6.82. The molecule has 1 aliphatic heterocycles. The molecule has 3 heterocycles. The summed E-state index contributed by atoms with van der Waals surface area (Å²) < 4.78 is 28.3. The molecule has 1 aliphatic rings. The van der Waals surface area contributed by atoms with Gasteiger partial charge in [0.15, 0.2) is 0 Å². The maximum Gasteiger partial charge on any atom is 0.678 e. The minimum Gasteiger partial charge on any atom is -0.360 e. The first kappa shape index (κ1) is 20.8. The van der Waals surface area contributed by atoms with E-state index in [1.165, 1.54) is 0 Å². The number of carbonyl (C=O) groups is 1. The monoisotopic (exact) mass is 399 g/mol. The molecule has 0 radical (unpaired) electrons. The van der Waals surface area contributed by atoms with Crippen molar-refractivity contribution < 1.29 is 13.4 Å². The SMILES string of the molecule is CN(C)CCNC(=O)CCC1=N/C(=C\c2ccc(-c3ccc[nH]3)n2B(F)F)C=C1. The highest BCUT2D eigenvalue weighted by molar-refractivity contribution is 6.42. The molecule has 2 aromatic heterocycles. The fraction of sp³-hybridized carbons (Fsp3) is 0.300. The normalized spacial score (nSPS) is 14.7. The number of nitrogens with one attached hydrogen (secondary N) is 2. The predicted molar refractivity (Wildman–Crippen MR) is 113 cm³/mol. The van der Waals surface area contributed by atoms with Crippen LogP contribution in [-0.2, 0) is 4.79 Å². The van der Waals surface area contributed by atoms with Gasteiger partial charge in [-0.3, -0.25) is 18.4 Å². The molecule has 0 spiro atoms. The Kier molecular flexibility index (Phi) is 6.82. The molecular formula is C20H24BF2N5O. The molecule has 0 unspecified atom stereocenters. The van der Waals surface area contributed by atoms with E-state index in [2.05, 4.69) is 15.3 Å². The van der Waals surface area contributed by atoms with Crippen molar-refractivity contribution in [1.82, 2.24) is 19.7 Å². The molecule has 0 fully saturated rings. The number of hydrogen-bond donors (Lipinski definition) is 2. The van der Waals surface area contributed by atoms with E-state index < -0.39 is 7.40 Å². The van der Waals surface area contributed by atoms with Crippen LogP contribution in [0.25, 0.3) is 17.5 Å². The first-order valence-corrected chi connectivity index (χ1v) is 9.46. The molecule has 6 nitrogen and oxygen atoms in total. The average Bonchev–Trinajstić information content (AvgIpc) is 3.40. The van der Waals surface area contributed by atoms with Gasteiger partial charge in [-0.15, -0.1) is 0 Å². The molecule has 1 amide bonds. The maximum absolute atomic E-state index is 13.6. The Morgan fingerprint density at radius 2 is 2.14 bits per heavy atom. The second-order valence-corrected chi connectivity index (χ2v) is 7.03. The van der Waals surface area contributed by atoms with Crippen molar-refractivity contribution in [3.05, 3.63) is 54.0 Å². The largest absolute Gasteiger partial charge is 0.678 e. The number of likely N-dealkylation sites (N-methyl/N-ethyl adjacent to an activating group) is 1. The van der Waals surface area contributed by atoms with E-state index in [1.807, 2.05) is 25.1 Å². The van der Waals surface area contributed by atoms with Gasteiger partial charge < -0.3 is 19.7 Å². The Bertz CT molecular complexity index is 929. The molecule has 0 bridgehead atoms. The Morgan fingerprint density at radius 1 is 1.31 bits per heavy atom. The van der Waals surface area contributed by atoms with Crippen LogP contribution in [0, 0.1) is 0 Å². The zero-order valence-electron chi connectivity index (χ0n) is 16.5. The van der Waals surface area contributed by atoms with Gasteiger partial charge in [0.05, 0.1) is 17.1 Å². The van der Waals surface area contributed by atoms with Gasteiger partial charge in [0.2, 0.25) is 5.91 Å². The number of allylic oxidation sites excluding steroid dienone is 2. The van der Waals surface area contributed by atoms with Gasteiger partial charge in [0.1, 0.15) is 0 Å². The first-order valence-electron chi connectivity index (χ1n) is 9.46. The van der Waals surface area contributed by atoms with Gasteiger partial charge in [-0.2, -0.15) is 0 Å². The number of aromatic amines is 1. The molecule has 0 aliphatic carbocycles. The van der Waals surface area contributed by atoms with E-state index in [9.17, 15) is 13.4 Å².